The maximum atomic E-state index is 5.70. The van der Waals surface area contributed by atoms with Crippen molar-refractivity contribution in [1.82, 2.24) is 10.2 Å². The molecule has 1 aromatic heterocycles. The molecule has 1 unspecified atom stereocenters. The minimum absolute atomic E-state index is 0.494. The van der Waals surface area contributed by atoms with E-state index in [9.17, 15) is 0 Å². The lowest BCUT2D eigenvalue weighted by Gasteiger charge is -2.17. The number of nitrogens with two attached hydrogens (primary N) is 1. The molecule has 0 bridgehead atoms. The van der Waals surface area contributed by atoms with Crippen LogP contribution in [0.3, 0.4) is 0 Å². The molecule has 18 heavy (non-hydrogen) atoms. The molecule has 2 heterocycles. The smallest absolute Gasteiger partial charge is 0.155 e. The molecular formula is C14H16N4. The van der Waals surface area contributed by atoms with Crippen LogP contribution in [0.15, 0.2) is 42.6 Å². The van der Waals surface area contributed by atoms with Crippen molar-refractivity contribution in [3.05, 3.63) is 48.2 Å². The van der Waals surface area contributed by atoms with Crippen molar-refractivity contribution in [2.75, 3.05) is 18.0 Å². The van der Waals surface area contributed by atoms with Gasteiger partial charge in [-0.05, 0) is 36.7 Å². The van der Waals surface area contributed by atoms with Gasteiger partial charge in [0, 0.05) is 24.3 Å². The molecule has 0 saturated carbocycles. The lowest BCUT2D eigenvalue weighted by Crippen LogP contribution is -2.18. The molecule has 1 aromatic carbocycles. The second-order valence-corrected chi connectivity index (χ2v) is 4.53. The van der Waals surface area contributed by atoms with Crippen LogP contribution in [0.25, 0.3) is 0 Å². The van der Waals surface area contributed by atoms with Crippen LogP contribution in [0.1, 0.15) is 17.9 Å². The molecule has 0 spiro atoms. The highest BCUT2D eigenvalue weighted by atomic mass is 15.3. The monoisotopic (exact) mass is 240 g/mol. The maximum Gasteiger partial charge on any atom is 0.155 e. The average molecular weight is 240 g/mol. The Morgan fingerprint density at radius 3 is 2.89 bits per heavy atom. The molecule has 1 atom stereocenters. The number of benzene rings is 1. The van der Waals surface area contributed by atoms with Crippen LogP contribution in [0.2, 0.25) is 0 Å². The van der Waals surface area contributed by atoms with E-state index in [-0.39, 0.29) is 0 Å². The Morgan fingerprint density at radius 2 is 2.11 bits per heavy atom. The van der Waals surface area contributed by atoms with Crippen molar-refractivity contribution in [3.63, 3.8) is 0 Å². The van der Waals surface area contributed by atoms with E-state index in [1.54, 1.807) is 6.20 Å². The van der Waals surface area contributed by atoms with Crippen molar-refractivity contribution < 1.29 is 0 Å². The van der Waals surface area contributed by atoms with E-state index in [1.807, 2.05) is 12.1 Å². The summed E-state index contributed by atoms with van der Waals surface area (Å²) in [5, 5.41) is 8.16. The topological polar surface area (TPSA) is 55.0 Å². The van der Waals surface area contributed by atoms with Crippen molar-refractivity contribution in [1.29, 1.82) is 0 Å². The van der Waals surface area contributed by atoms with Crippen LogP contribution in [-0.4, -0.2) is 23.3 Å². The summed E-state index contributed by atoms with van der Waals surface area (Å²) in [6, 6.07) is 12.4. The molecule has 4 nitrogen and oxygen atoms in total. The van der Waals surface area contributed by atoms with Gasteiger partial charge in [0.2, 0.25) is 0 Å². The fourth-order valence-electron chi connectivity index (χ4n) is 2.60. The highest BCUT2D eigenvalue weighted by Gasteiger charge is 2.29. The Labute approximate surface area is 106 Å². The van der Waals surface area contributed by atoms with E-state index in [1.165, 1.54) is 11.3 Å². The summed E-state index contributed by atoms with van der Waals surface area (Å²) >= 11 is 0. The van der Waals surface area contributed by atoms with Crippen molar-refractivity contribution in [2.24, 2.45) is 5.73 Å². The summed E-state index contributed by atoms with van der Waals surface area (Å²) in [6.07, 6.45) is 2.70. The number of hydrogen-bond acceptors (Lipinski definition) is 4. The molecule has 1 aliphatic rings. The van der Waals surface area contributed by atoms with Crippen LogP contribution in [0, 0.1) is 0 Å². The summed E-state index contributed by atoms with van der Waals surface area (Å²) < 4.78 is 0. The van der Waals surface area contributed by atoms with Gasteiger partial charge in [-0.1, -0.05) is 18.2 Å². The zero-order chi connectivity index (χ0) is 12.4. The number of nitrogens with zero attached hydrogens (tertiary/aromatic N) is 3. The van der Waals surface area contributed by atoms with E-state index >= 15 is 0 Å². The molecule has 2 N–H and O–H groups in total. The molecule has 0 fully saturated rings. The van der Waals surface area contributed by atoms with Crippen LogP contribution < -0.4 is 10.6 Å². The summed E-state index contributed by atoms with van der Waals surface area (Å²) in [6.45, 7) is 1.66. The van der Waals surface area contributed by atoms with E-state index in [0.29, 0.717) is 12.5 Å². The first kappa shape index (κ1) is 11.2. The minimum Gasteiger partial charge on any atom is -0.330 e. The van der Waals surface area contributed by atoms with Gasteiger partial charge < -0.3 is 10.6 Å². The van der Waals surface area contributed by atoms with Gasteiger partial charge in [0.15, 0.2) is 5.82 Å². The van der Waals surface area contributed by atoms with Gasteiger partial charge in [-0.3, -0.25) is 0 Å². The standard InChI is InChI=1S/C14H16N4/c15-8-7-11-10-18(14-6-3-9-16-17-14)13-5-2-1-4-12(11)13/h1-6,9,11H,7-8,10,15H2. The predicted molar refractivity (Wildman–Crippen MR) is 71.9 cm³/mol. The van der Waals surface area contributed by atoms with Gasteiger partial charge >= 0.3 is 0 Å². The van der Waals surface area contributed by atoms with Gasteiger partial charge in [0.05, 0.1) is 0 Å². The zero-order valence-corrected chi connectivity index (χ0v) is 10.2. The molecule has 0 amide bonds. The fourth-order valence-corrected chi connectivity index (χ4v) is 2.60. The molecule has 0 radical (unpaired) electrons. The second-order valence-electron chi connectivity index (χ2n) is 4.53. The summed E-state index contributed by atoms with van der Waals surface area (Å²) in [5.41, 5.74) is 8.31. The van der Waals surface area contributed by atoms with Gasteiger partial charge in [-0.25, -0.2) is 0 Å². The molecule has 92 valence electrons. The highest BCUT2D eigenvalue weighted by Crippen LogP contribution is 2.40. The third kappa shape index (κ3) is 1.84. The van der Waals surface area contributed by atoms with Crippen molar-refractivity contribution in [2.45, 2.75) is 12.3 Å². The lowest BCUT2D eigenvalue weighted by molar-refractivity contribution is 0.666. The number of anilines is 2. The average Bonchev–Trinajstić information content (AvgIpc) is 2.80. The Morgan fingerprint density at radius 1 is 1.22 bits per heavy atom. The van der Waals surface area contributed by atoms with Crippen LogP contribution in [0.5, 0.6) is 0 Å². The van der Waals surface area contributed by atoms with Crippen molar-refractivity contribution >= 4 is 11.5 Å². The third-order valence-electron chi connectivity index (χ3n) is 3.42. The first-order valence-electron chi connectivity index (χ1n) is 6.24. The largest absolute Gasteiger partial charge is 0.330 e. The zero-order valence-electron chi connectivity index (χ0n) is 10.2. The quantitative estimate of drug-likeness (QED) is 0.892. The maximum absolute atomic E-state index is 5.70. The molecule has 0 saturated heterocycles. The third-order valence-corrected chi connectivity index (χ3v) is 3.42. The minimum atomic E-state index is 0.494. The predicted octanol–water partition coefficient (Wildman–Crippen LogP) is 2.06. The molecule has 1 aliphatic heterocycles. The van der Waals surface area contributed by atoms with Crippen LogP contribution in [-0.2, 0) is 0 Å². The normalized spacial score (nSPS) is 17.8. The Bertz CT molecular complexity index is 526. The Kier molecular flexibility index (Phi) is 2.94. The number of aromatic nitrogens is 2. The second kappa shape index (κ2) is 4.74. The Hall–Kier alpha value is -1.94. The molecule has 0 aliphatic carbocycles. The Balaban J connectivity index is 1.99. The van der Waals surface area contributed by atoms with Crippen LogP contribution >= 0.6 is 0 Å². The van der Waals surface area contributed by atoms with Crippen molar-refractivity contribution in [3.8, 4) is 0 Å². The fraction of sp³-hybridized carbons (Fsp3) is 0.286. The first-order valence-corrected chi connectivity index (χ1v) is 6.24. The molecule has 4 heteroatoms. The van der Waals surface area contributed by atoms with Gasteiger partial charge in [0.1, 0.15) is 0 Å². The summed E-state index contributed by atoms with van der Waals surface area (Å²) in [4.78, 5) is 2.22. The van der Waals surface area contributed by atoms with E-state index in [2.05, 4.69) is 39.4 Å². The van der Waals surface area contributed by atoms with E-state index in [4.69, 9.17) is 5.73 Å². The number of rotatable bonds is 3. The van der Waals surface area contributed by atoms with Gasteiger partial charge in [-0.2, -0.15) is 5.10 Å². The van der Waals surface area contributed by atoms with Gasteiger partial charge in [0.25, 0.3) is 0 Å². The first-order chi connectivity index (χ1) is 8.90. The van der Waals surface area contributed by atoms with E-state index in [0.717, 1.165) is 18.8 Å². The summed E-state index contributed by atoms with van der Waals surface area (Å²) in [5.74, 6) is 1.40. The molecule has 3 rings (SSSR count). The number of fused-ring (bicyclic) bond motifs is 1. The lowest BCUT2D eigenvalue weighted by atomic mass is 9.98. The molecular weight excluding hydrogens is 224 g/mol. The number of para-hydroxylation sites is 1. The van der Waals surface area contributed by atoms with Crippen LogP contribution in [0.4, 0.5) is 11.5 Å². The number of hydrogen-bond donors (Lipinski definition) is 1. The van der Waals surface area contributed by atoms with Gasteiger partial charge in [-0.15, -0.1) is 5.10 Å². The molecule has 2 aromatic rings. The van der Waals surface area contributed by atoms with E-state index < -0.39 is 0 Å². The summed E-state index contributed by atoms with van der Waals surface area (Å²) in [7, 11) is 0. The SMILES string of the molecule is NCCC1CN(c2cccnn2)c2ccccc21. The highest BCUT2D eigenvalue weighted by molar-refractivity contribution is 5.68.